The van der Waals surface area contributed by atoms with Gasteiger partial charge in [0.2, 0.25) is 0 Å². The molecule has 0 radical (unpaired) electrons. The average Bonchev–Trinajstić information content (AvgIpc) is 1.59. The topological polar surface area (TPSA) is 250 Å². The SMILES string of the molecule is CC1Cc2cc(C#N)ccc2N1.CSC(=S)N1c2ccc(C#N)cc2CC1C.Cc1c(Br)c2cc(C#N)ccc2n1C(F)(F)F.Cc1c(Br)c2cc(CN)ccc2n1C(F)(F)F.Cc1cc2cc(C#N)ccc2[nH]1.Cc1cc2cc(C#N)ccc2n1C(F)(F)F.Cc1cc2cc(C#N)ccc2n1C(F)(F)F.Cc1cc2cc(CN)ccc2n1C(F)(F)F. The largest absolute Gasteiger partial charge is 0.489 e. The van der Waals surface area contributed by atoms with Gasteiger partial charge in [-0.2, -0.15) is 31.6 Å². The molecular formula is C87H71Br2F15N16S2. The number of hydrogen-bond acceptors (Lipinski definition) is 11. The number of thiocarbonyl (C=S) groups is 1. The number of rotatable bonds is 2. The minimum Gasteiger partial charge on any atom is -0.382 e. The smallest absolute Gasteiger partial charge is 0.382 e. The summed E-state index contributed by atoms with van der Waals surface area (Å²) in [4.78, 5) is 5.38. The van der Waals surface area contributed by atoms with Gasteiger partial charge in [-0.3, -0.25) is 22.8 Å². The number of aryl methyl sites for hydroxylation is 4. The van der Waals surface area contributed by atoms with Crippen LogP contribution in [0.1, 0.15) is 104 Å². The number of nitrogens with two attached hydrogens (primary N) is 2. The van der Waals surface area contributed by atoms with Gasteiger partial charge >= 0.3 is 31.5 Å². The number of halogens is 17. The third kappa shape index (κ3) is 21.4. The number of fused-ring (bicyclic) bond motifs is 8. The zero-order valence-corrected chi connectivity index (χ0v) is 70.7. The summed E-state index contributed by atoms with van der Waals surface area (Å²) in [6.45, 7) is 14.0. The molecule has 0 saturated heterocycles. The van der Waals surface area contributed by atoms with E-state index in [1.807, 2.05) is 92.1 Å². The molecule has 0 amide bonds. The average molecular weight is 1850 g/mol. The molecule has 8 heterocycles. The fourth-order valence-electron chi connectivity index (χ4n) is 14.1. The lowest BCUT2D eigenvalue weighted by molar-refractivity contribution is -0.202. The summed E-state index contributed by atoms with van der Waals surface area (Å²) < 4.78 is 195. The number of aromatic amines is 1. The van der Waals surface area contributed by atoms with Crippen LogP contribution in [0.5, 0.6) is 0 Å². The number of nitriles is 6. The van der Waals surface area contributed by atoms with Crippen LogP contribution < -0.4 is 21.7 Å². The first-order chi connectivity index (χ1) is 57.3. The second-order valence-corrected chi connectivity index (χ2v) is 30.9. The van der Waals surface area contributed by atoms with Gasteiger partial charge in [0.15, 0.2) is 0 Å². The quantitative estimate of drug-likeness (QED) is 0.0932. The Hall–Kier alpha value is -12.2. The van der Waals surface area contributed by atoms with Gasteiger partial charge in [-0.1, -0.05) is 24.4 Å². The zero-order valence-electron chi connectivity index (χ0n) is 65.9. The summed E-state index contributed by atoms with van der Waals surface area (Å²) in [6, 6.07) is 58.6. The Balaban J connectivity index is 0.000000159. The summed E-state index contributed by atoms with van der Waals surface area (Å²) in [5.41, 5.74) is 23.9. The maximum Gasteiger partial charge on any atom is 0.489 e. The molecule has 6 aromatic heterocycles. The van der Waals surface area contributed by atoms with E-state index in [0.717, 1.165) is 61.7 Å². The van der Waals surface area contributed by atoms with Gasteiger partial charge in [-0.15, -0.1) is 77.6 Å². The molecule has 2 aliphatic rings. The number of hydrogen-bond donors (Lipinski definition) is 4. The first-order valence-corrected chi connectivity index (χ1v) is 39.6. The maximum absolute atomic E-state index is 12.9. The molecule has 0 fully saturated rings. The Labute approximate surface area is 715 Å². The summed E-state index contributed by atoms with van der Waals surface area (Å²) in [5.74, 6) is 0. The van der Waals surface area contributed by atoms with Crippen LogP contribution in [0.25, 0.3) is 65.4 Å². The second-order valence-electron chi connectivity index (χ2n) is 27.9. The van der Waals surface area contributed by atoms with Crippen molar-refractivity contribution in [3.63, 3.8) is 0 Å². The number of thioether (sulfide) groups is 1. The highest BCUT2D eigenvalue weighted by Crippen LogP contribution is 2.42. The first kappa shape index (κ1) is 93.7. The number of nitrogens with zero attached hydrogens (tertiary/aromatic N) is 12. The molecule has 2 aliphatic heterocycles. The van der Waals surface area contributed by atoms with Crippen LogP contribution in [-0.2, 0) is 57.4 Å². The number of nitrogens with one attached hydrogen (secondary N) is 2. The molecule has 0 saturated carbocycles. The number of benzene rings is 8. The highest BCUT2D eigenvalue weighted by atomic mass is 79.9. The van der Waals surface area contributed by atoms with Crippen molar-refractivity contribution in [2.75, 3.05) is 16.5 Å². The van der Waals surface area contributed by atoms with Crippen molar-refractivity contribution in [1.82, 2.24) is 27.8 Å². The fraction of sp³-hybridized carbons (Fsp3) is 0.230. The van der Waals surface area contributed by atoms with Gasteiger partial charge in [0.1, 0.15) is 4.32 Å². The van der Waals surface area contributed by atoms with E-state index in [2.05, 4.69) is 79.1 Å². The first-order valence-electron chi connectivity index (χ1n) is 36.4. The molecule has 16 nitrogen and oxygen atoms in total. The van der Waals surface area contributed by atoms with Crippen LogP contribution in [0, 0.1) is 110 Å². The zero-order chi connectivity index (χ0) is 90.2. The third-order valence-electron chi connectivity index (χ3n) is 19.3. The highest BCUT2D eigenvalue weighted by molar-refractivity contribution is 9.11. The Morgan fingerprint density at radius 1 is 0.426 bits per heavy atom. The number of alkyl halides is 15. The van der Waals surface area contributed by atoms with Crippen LogP contribution in [0.15, 0.2) is 179 Å². The van der Waals surface area contributed by atoms with Crippen molar-refractivity contribution in [3.8, 4) is 36.4 Å². The molecule has 122 heavy (non-hydrogen) atoms. The molecule has 16 rings (SSSR count). The van der Waals surface area contributed by atoms with Gasteiger partial charge in [-0.05, 0) is 286 Å². The molecule has 8 aromatic carbocycles. The van der Waals surface area contributed by atoms with E-state index in [4.69, 9.17) is 55.3 Å². The molecular weight excluding hydrogens is 1780 g/mol. The van der Waals surface area contributed by atoms with Gasteiger partial charge in [0, 0.05) is 117 Å². The van der Waals surface area contributed by atoms with E-state index in [1.165, 1.54) is 136 Å². The monoisotopic (exact) mass is 1850 g/mol. The predicted octanol–water partition coefficient (Wildman–Crippen LogP) is 24.4. The standard InChI is InChI=1S/C12H12N2S2.C11H10BrF3N2.C11H6BrF3N2.C11H11F3N2.2C11H7F3N2.C10H10N2.C10H8N2/c1-8-5-10-6-9(7-13)3-4-11(10)14(8)12(15)16-2;2*1-6-10(12)8-4-7(5-16)2-3-9(8)17(6)11(13,14)15;3*1-7-4-9-5-8(6-15)2-3-10(9)16(7)11(12,13)14;2*1-7-4-9-5-8(6-11)2-3-10(9)12-7/h3-4,6,8H,5H2,1-2H3;2-4H,5,16H2,1H3;2-4H,1H3;2-5H,6,15H2,1H3;2*2-5H,1H3;2-3,5,7,12H,4H2,1H3;2-5,12H,1H3. The molecule has 2 unspecified atom stereocenters. The van der Waals surface area contributed by atoms with Crippen molar-refractivity contribution in [2.45, 2.75) is 125 Å². The van der Waals surface area contributed by atoms with Crippen molar-refractivity contribution < 1.29 is 65.9 Å². The Morgan fingerprint density at radius 3 is 1.20 bits per heavy atom. The normalized spacial score (nSPS) is 13.3. The van der Waals surface area contributed by atoms with Crippen LogP contribution in [0.2, 0.25) is 0 Å². The van der Waals surface area contributed by atoms with E-state index < -0.39 is 31.5 Å². The lowest BCUT2D eigenvalue weighted by atomic mass is 10.1. The molecule has 6 N–H and O–H groups in total. The number of aromatic nitrogens is 6. The molecule has 0 spiro atoms. The van der Waals surface area contributed by atoms with Gasteiger partial charge in [0.25, 0.3) is 0 Å². The van der Waals surface area contributed by atoms with Crippen LogP contribution >= 0.6 is 55.8 Å². The molecule has 0 bridgehead atoms. The van der Waals surface area contributed by atoms with Crippen molar-refractivity contribution in [1.29, 1.82) is 31.6 Å². The lowest BCUT2D eigenvalue weighted by Gasteiger charge is -2.23. The minimum absolute atomic E-state index is 0.0425. The Morgan fingerprint density at radius 2 is 0.779 bits per heavy atom. The number of anilines is 2. The van der Waals surface area contributed by atoms with E-state index in [9.17, 15) is 65.9 Å². The lowest BCUT2D eigenvalue weighted by Crippen LogP contribution is -2.32. The summed E-state index contributed by atoms with van der Waals surface area (Å²) in [5, 5.41) is 59.0. The summed E-state index contributed by atoms with van der Waals surface area (Å²) >= 11 is 13.3. The maximum atomic E-state index is 12.9. The minimum atomic E-state index is -4.47. The molecule has 630 valence electrons. The molecule has 0 aliphatic carbocycles. The van der Waals surface area contributed by atoms with E-state index >= 15 is 0 Å². The van der Waals surface area contributed by atoms with Gasteiger partial charge < -0.3 is 26.7 Å². The second kappa shape index (κ2) is 38.3. The molecule has 14 aromatic rings. The molecule has 2 atom stereocenters. The van der Waals surface area contributed by atoms with Crippen molar-refractivity contribution in [2.24, 2.45) is 11.5 Å². The van der Waals surface area contributed by atoms with Crippen LogP contribution in [0.3, 0.4) is 0 Å². The predicted molar refractivity (Wildman–Crippen MR) is 454 cm³/mol. The van der Waals surface area contributed by atoms with Crippen LogP contribution in [0.4, 0.5) is 77.2 Å². The Bertz CT molecular complexity index is 6440. The van der Waals surface area contributed by atoms with Crippen LogP contribution in [-0.4, -0.2) is 50.5 Å². The highest BCUT2D eigenvalue weighted by Gasteiger charge is 2.39. The third-order valence-corrected chi connectivity index (χ3v) is 22.6. The van der Waals surface area contributed by atoms with Crippen molar-refractivity contribution in [3.05, 3.63) is 269 Å². The van der Waals surface area contributed by atoms with E-state index in [1.54, 1.807) is 36.0 Å². The van der Waals surface area contributed by atoms with Gasteiger partial charge in [-0.25, -0.2) is 0 Å². The van der Waals surface area contributed by atoms with E-state index in [0.29, 0.717) is 106 Å². The van der Waals surface area contributed by atoms with E-state index in [-0.39, 0.29) is 56.1 Å². The Kier molecular flexibility index (Phi) is 29.4. The fourth-order valence-corrected chi connectivity index (χ4v) is 15.8. The summed E-state index contributed by atoms with van der Waals surface area (Å²) in [7, 11) is 0. The van der Waals surface area contributed by atoms with Crippen molar-refractivity contribution >= 4 is 137 Å². The van der Waals surface area contributed by atoms with Gasteiger partial charge in [0.05, 0.1) is 97.4 Å². The molecule has 35 heteroatoms. The summed E-state index contributed by atoms with van der Waals surface area (Å²) in [6.07, 6.45) is -18.1. The number of H-pyrrole nitrogens is 1.